The van der Waals surface area contributed by atoms with Gasteiger partial charge in [-0.3, -0.25) is 9.59 Å². The van der Waals surface area contributed by atoms with Crippen molar-refractivity contribution in [3.63, 3.8) is 0 Å². The molecule has 1 fully saturated rings. The van der Waals surface area contributed by atoms with Crippen LogP contribution in [0.1, 0.15) is 25.7 Å². The lowest BCUT2D eigenvalue weighted by molar-refractivity contribution is -0.149. The Labute approximate surface area is 111 Å². The van der Waals surface area contributed by atoms with Crippen molar-refractivity contribution in [2.24, 2.45) is 5.10 Å². The van der Waals surface area contributed by atoms with E-state index in [9.17, 15) is 14.4 Å². The number of hydrazone groups is 1. The zero-order chi connectivity index (χ0) is 14.0. The second-order valence-electron chi connectivity index (χ2n) is 4.64. The highest BCUT2D eigenvalue weighted by atomic mass is 16.5. The third kappa shape index (κ3) is 2.59. The summed E-state index contributed by atoms with van der Waals surface area (Å²) in [5, 5.41) is 5.16. The summed E-state index contributed by atoms with van der Waals surface area (Å²) in [5.74, 6) is -0.776. The maximum absolute atomic E-state index is 12.3. The topological polar surface area (TPSA) is 79.3 Å². The highest BCUT2D eigenvalue weighted by molar-refractivity contribution is 6.39. The molecule has 19 heavy (non-hydrogen) atoms. The van der Waals surface area contributed by atoms with Crippen LogP contribution in [0.2, 0.25) is 0 Å². The lowest BCUT2D eigenvalue weighted by atomic mass is 10.1. The van der Waals surface area contributed by atoms with Gasteiger partial charge in [0, 0.05) is 26.4 Å². The number of likely N-dealkylation sites (tertiary alicyclic amines) is 1. The molecule has 2 aliphatic rings. The van der Waals surface area contributed by atoms with E-state index in [0.29, 0.717) is 25.1 Å². The van der Waals surface area contributed by atoms with Crippen LogP contribution in [-0.4, -0.2) is 60.1 Å². The molecular formula is C12H17N3O4. The van der Waals surface area contributed by atoms with Gasteiger partial charge in [0.2, 0.25) is 5.91 Å². The standard InChI is InChI=1S/C12H17N3O4/c1-14-10(16)6-5-8(13-14)11(17)15-7-3-4-9(15)12(18)19-2/h9H,3-7H2,1-2H3. The van der Waals surface area contributed by atoms with Crippen LogP contribution in [0.4, 0.5) is 0 Å². The maximum atomic E-state index is 12.3. The molecule has 7 nitrogen and oxygen atoms in total. The van der Waals surface area contributed by atoms with Gasteiger partial charge in [-0.25, -0.2) is 9.80 Å². The van der Waals surface area contributed by atoms with Crippen LogP contribution < -0.4 is 0 Å². The molecule has 0 spiro atoms. The molecule has 104 valence electrons. The fourth-order valence-electron chi connectivity index (χ4n) is 2.38. The monoisotopic (exact) mass is 267 g/mol. The number of carbonyl (C=O) groups is 3. The number of rotatable bonds is 2. The predicted octanol–water partition coefficient (Wildman–Crippen LogP) is -0.241. The number of nitrogens with zero attached hydrogens (tertiary/aromatic N) is 3. The van der Waals surface area contributed by atoms with E-state index in [-0.39, 0.29) is 18.2 Å². The van der Waals surface area contributed by atoms with Crippen molar-refractivity contribution in [2.75, 3.05) is 20.7 Å². The second kappa shape index (κ2) is 5.38. The minimum atomic E-state index is -0.525. The summed E-state index contributed by atoms with van der Waals surface area (Å²) in [6, 6.07) is -0.525. The lowest BCUT2D eigenvalue weighted by Crippen LogP contribution is -2.46. The number of hydrogen-bond donors (Lipinski definition) is 0. The van der Waals surface area contributed by atoms with Crippen LogP contribution in [-0.2, 0) is 19.1 Å². The van der Waals surface area contributed by atoms with E-state index < -0.39 is 12.0 Å². The second-order valence-corrected chi connectivity index (χ2v) is 4.64. The normalized spacial score (nSPS) is 23.4. The van der Waals surface area contributed by atoms with Crippen LogP contribution in [0.15, 0.2) is 5.10 Å². The number of ether oxygens (including phenoxy) is 1. The molecule has 7 heteroatoms. The molecule has 2 rings (SSSR count). The lowest BCUT2D eigenvalue weighted by Gasteiger charge is -2.25. The van der Waals surface area contributed by atoms with Crippen molar-refractivity contribution in [3.8, 4) is 0 Å². The van der Waals surface area contributed by atoms with Crippen LogP contribution in [0.25, 0.3) is 0 Å². The van der Waals surface area contributed by atoms with Crippen LogP contribution in [0.3, 0.4) is 0 Å². The average Bonchev–Trinajstić information content (AvgIpc) is 2.89. The molecule has 0 aromatic heterocycles. The van der Waals surface area contributed by atoms with Gasteiger partial charge < -0.3 is 9.64 Å². The molecular weight excluding hydrogens is 250 g/mol. The van der Waals surface area contributed by atoms with Crippen molar-refractivity contribution in [1.82, 2.24) is 9.91 Å². The predicted molar refractivity (Wildman–Crippen MR) is 66.2 cm³/mol. The summed E-state index contributed by atoms with van der Waals surface area (Å²) in [4.78, 5) is 36.8. The largest absolute Gasteiger partial charge is 0.467 e. The van der Waals surface area contributed by atoms with Gasteiger partial charge in [0.05, 0.1) is 7.11 Å². The van der Waals surface area contributed by atoms with Crippen molar-refractivity contribution >= 4 is 23.5 Å². The number of carbonyl (C=O) groups excluding carboxylic acids is 3. The Morgan fingerprint density at radius 3 is 2.74 bits per heavy atom. The Hall–Kier alpha value is -1.92. The molecule has 0 N–H and O–H groups in total. The molecule has 0 bridgehead atoms. The summed E-state index contributed by atoms with van der Waals surface area (Å²) in [6.07, 6.45) is 1.98. The van der Waals surface area contributed by atoms with Crippen molar-refractivity contribution in [2.45, 2.75) is 31.7 Å². The summed E-state index contributed by atoms with van der Waals surface area (Å²) >= 11 is 0. The fourth-order valence-corrected chi connectivity index (χ4v) is 2.38. The summed E-state index contributed by atoms with van der Waals surface area (Å²) in [6.45, 7) is 0.523. The highest BCUT2D eigenvalue weighted by Gasteiger charge is 2.37. The molecule has 0 saturated carbocycles. The molecule has 0 aliphatic carbocycles. The van der Waals surface area contributed by atoms with E-state index in [1.165, 1.54) is 24.1 Å². The quantitative estimate of drug-likeness (QED) is 0.647. The molecule has 1 saturated heterocycles. The first kappa shape index (κ1) is 13.5. The molecule has 2 amide bonds. The van der Waals surface area contributed by atoms with Crippen LogP contribution in [0, 0.1) is 0 Å². The van der Waals surface area contributed by atoms with Gasteiger partial charge in [-0.1, -0.05) is 0 Å². The SMILES string of the molecule is COC(=O)C1CCCN1C(=O)C1=NN(C)C(=O)CC1. The van der Waals surface area contributed by atoms with Gasteiger partial charge in [-0.05, 0) is 12.8 Å². The Bertz CT molecular complexity index is 446. The summed E-state index contributed by atoms with van der Waals surface area (Å²) < 4.78 is 4.70. The first-order valence-corrected chi connectivity index (χ1v) is 6.27. The van der Waals surface area contributed by atoms with E-state index in [4.69, 9.17) is 4.74 Å². The number of esters is 1. The van der Waals surface area contributed by atoms with E-state index in [1.54, 1.807) is 0 Å². The summed E-state index contributed by atoms with van der Waals surface area (Å²) in [7, 11) is 2.84. The minimum Gasteiger partial charge on any atom is -0.467 e. The molecule has 0 radical (unpaired) electrons. The maximum Gasteiger partial charge on any atom is 0.328 e. The molecule has 1 atom stereocenters. The van der Waals surface area contributed by atoms with Gasteiger partial charge >= 0.3 is 5.97 Å². The first-order chi connectivity index (χ1) is 9.04. The van der Waals surface area contributed by atoms with Crippen LogP contribution >= 0.6 is 0 Å². The molecule has 1 unspecified atom stereocenters. The molecule has 2 aliphatic heterocycles. The average molecular weight is 267 g/mol. The Morgan fingerprint density at radius 1 is 1.37 bits per heavy atom. The van der Waals surface area contributed by atoms with Crippen molar-refractivity contribution in [3.05, 3.63) is 0 Å². The van der Waals surface area contributed by atoms with Crippen LogP contribution in [0.5, 0.6) is 0 Å². The number of methoxy groups -OCH3 is 1. The number of hydrogen-bond acceptors (Lipinski definition) is 5. The number of amides is 2. The Kier molecular flexibility index (Phi) is 3.82. The third-order valence-corrected chi connectivity index (χ3v) is 3.44. The fraction of sp³-hybridized carbons (Fsp3) is 0.667. The summed E-state index contributed by atoms with van der Waals surface area (Å²) in [5.41, 5.74) is 0.331. The Morgan fingerprint density at radius 2 is 2.11 bits per heavy atom. The molecule has 0 aromatic rings. The first-order valence-electron chi connectivity index (χ1n) is 6.27. The van der Waals surface area contributed by atoms with E-state index in [2.05, 4.69) is 5.10 Å². The van der Waals surface area contributed by atoms with Gasteiger partial charge in [0.1, 0.15) is 11.8 Å². The van der Waals surface area contributed by atoms with Gasteiger partial charge in [-0.15, -0.1) is 0 Å². The molecule has 0 aromatic carbocycles. The Balaban J connectivity index is 2.13. The van der Waals surface area contributed by atoms with Gasteiger partial charge in [0.25, 0.3) is 5.91 Å². The smallest absolute Gasteiger partial charge is 0.328 e. The van der Waals surface area contributed by atoms with E-state index in [1.807, 2.05) is 0 Å². The third-order valence-electron chi connectivity index (χ3n) is 3.44. The van der Waals surface area contributed by atoms with Crippen molar-refractivity contribution in [1.29, 1.82) is 0 Å². The van der Waals surface area contributed by atoms with Crippen molar-refractivity contribution < 1.29 is 19.1 Å². The van der Waals surface area contributed by atoms with E-state index in [0.717, 1.165) is 6.42 Å². The van der Waals surface area contributed by atoms with E-state index >= 15 is 0 Å². The molecule has 2 heterocycles. The minimum absolute atomic E-state index is 0.109. The zero-order valence-corrected chi connectivity index (χ0v) is 11.1. The van der Waals surface area contributed by atoms with Gasteiger partial charge in [-0.2, -0.15) is 5.10 Å². The zero-order valence-electron chi connectivity index (χ0n) is 11.1. The van der Waals surface area contributed by atoms with Gasteiger partial charge in [0.15, 0.2) is 0 Å². The highest BCUT2D eigenvalue weighted by Crippen LogP contribution is 2.20.